The number of halogens is 4. The highest BCUT2D eigenvalue weighted by atomic mass is 35.5. The molecule has 2 atom stereocenters. The van der Waals surface area contributed by atoms with Crippen LogP contribution < -0.4 is 14.8 Å². The first-order valence-electron chi connectivity index (χ1n) is 10.8. The van der Waals surface area contributed by atoms with E-state index in [0.717, 1.165) is 25.9 Å². The van der Waals surface area contributed by atoms with Gasteiger partial charge in [-0.25, -0.2) is 0 Å². The molecule has 6 nitrogen and oxygen atoms in total. The molecule has 2 aromatic carbocycles. The fraction of sp³-hybridized carbons (Fsp3) is 0.478. The van der Waals surface area contributed by atoms with Gasteiger partial charge in [0.2, 0.25) is 0 Å². The summed E-state index contributed by atoms with van der Waals surface area (Å²) in [5.74, 6) is 1.14. The minimum Gasteiger partial charge on any atom is -0.491 e. The molecule has 182 valence electrons. The van der Waals surface area contributed by atoms with E-state index >= 15 is 0 Å². The van der Waals surface area contributed by atoms with E-state index in [1.807, 2.05) is 0 Å². The molecular formula is C23H28Cl4N2O4. The number of β-amino-alcohol motifs (C(OH)–C–C–N with tert-alkyl or cyclic N) is 1. The van der Waals surface area contributed by atoms with Crippen LogP contribution in [0, 0.1) is 0 Å². The van der Waals surface area contributed by atoms with Gasteiger partial charge in [0.25, 0.3) is 0 Å². The number of hydrogen-bond donors (Lipinski definition) is 3. The standard InChI is InChI=1S/C23H28Cl4N2O4/c24-20-3-1-18(9-22(20)26)32-13-16(30)11-28-15-5-7-29(8-6-15)12-17(31)14-33-19-2-4-21(25)23(27)10-19/h1-4,9-10,15-17,28,30-31H,5-8,11-14H2/t16-,17-/m1/s1. The fourth-order valence-corrected chi connectivity index (χ4v) is 4.13. The molecule has 1 aliphatic heterocycles. The van der Waals surface area contributed by atoms with Gasteiger partial charge in [-0.15, -0.1) is 0 Å². The van der Waals surface area contributed by atoms with Crippen LogP contribution in [0.5, 0.6) is 11.5 Å². The van der Waals surface area contributed by atoms with Crippen LogP contribution in [-0.4, -0.2) is 72.8 Å². The van der Waals surface area contributed by atoms with Crippen LogP contribution in [0.2, 0.25) is 20.1 Å². The zero-order chi connectivity index (χ0) is 23.8. The summed E-state index contributed by atoms with van der Waals surface area (Å²) in [7, 11) is 0. The third kappa shape index (κ3) is 8.96. The molecule has 1 heterocycles. The van der Waals surface area contributed by atoms with Crippen LogP contribution >= 0.6 is 46.4 Å². The molecular weight excluding hydrogens is 510 g/mol. The van der Waals surface area contributed by atoms with Crippen molar-refractivity contribution in [2.75, 3.05) is 39.4 Å². The maximum absolute atomic E-state index is 10.3. The highest BCUT2D eigenvalue weighted by Crippen LogP contribution is 2.27. The highest BCUT2D eigenvalue weighted by molar-refractivity contribution is 6.42. The Hall–Kier alpha value is -0.960. The minimum absolute atomic E-state index is 0.162. The summed E-state index contributed by atoms with van der Waals surface area (Å²) in [6.07, 6.45) is 0.615. The maximum atomic E-state index is 10.3. The zero-order valence-corrected chi connectivity index (χ0v) is 21.0. The zero-order valence-electron chi connectivity index (χ0n) is 18.0. The lowest BCUT2D eigenvalue weighted by Gasteiger charge is -2.33. The Morgan fingerprint density at radius 1 is 0.818 bits per heavy atom. The smallest absolute Gasteiger partial charge is 0.121 e. The largest absolute Gasteiger partial charge is 0.491 e. The van der Waals surface area contributed by atoms with Crippen molar-refractivity contribution in [3.05, 3.63) is 56.5 Å². The average Bonchev–Trinajstić information content (AvgIpc) is 2.80. The van der Waals surface area contributed by atoms with E-state index in [2.05, 4.69) is 10.2 Å². The molecule has 3 N–H and O–H groups in total. The molecule has 0 radical (unpaired) electrons. The van der Waals surface area contributed by atoms with Crippen molar-refractivity contribution in [3.63, 3.8) is 0 Å². The number of nitrogens with zero attached hydrogens (tertiary/aromatic N) is 1. The second kappa shape index (κ2) is 13.2. The normalized spacial score (nSPS) is 17.0. The van der Waals surface area contributed by atoms with E-state index in [1.165, 1.54) is 0 Å². The number of piperidine rings is 1. The number of aliphatic hydroxyl groups is 2. The Morgan fingerprint density at radius 3 is 1.85 bits per heavy atom. The number of benzene rings is 2. The van der Waals surface area contributed by atoms with Gasteiger partial charge in [-0.3, -0.25) is 0 Å². The second-order valence-electron chi connectivity index (χ2n) is 8.06. The number of nitrogens with one attached hydrogen (secondary N) is 1. The van der Waals surface area contributed by atoms with E-state index in [1.54, 1.807) is 36.4 Å². The van der Waals surface area contributed by atoms with E-state index in [4.69, 9.17) is 55.9 Å². The molecule has 1 saturated heterocycles. The Morgan fingerprint density at radius 2 is 1.33 bits per heavy atom. The van der Waals surface area contributed by atoms with E-state index < -0.39 is 12.2 Å². The van der Waals surface area contributed by atoms with Gasteiger partial charge in [0.05, 0.1) is 20.1 Å². The summed E-state index contributed by atoms with van der Waals surface area (Å²) in [6.45, 7) is 3.03. The Bertz CT molecular complexity index is 897. The van der Waals surface area contributed by atoms with E-state index in [9.17, 15) is 10.2 Å². The van der Waals surface area contributed by atoms with Gasteiger partial charge in [-0.05, 0) is 50.2 Å². The molecule has 0 aliphatic carbocycles. The van der Waals surface area contributed by atoms with Crippen molar-refractivity contribution in [3.8, 4) is 11.5 Å². The van der Waals surface area contributed by atoms with Gasteiger partial charge in [0, 0.05) is 31.3 Å². The first kappa shape index (κ1) is 26.6. The number of ether oxygens (including phenoxy) is 2. The second-order valence-corrected chi connectivity index (χ2v) is 9.69. The SMILES string of the molecule is O[C@H](CNC1CCN(C[C@@H](O)COc2ccc(Cl)c(Cl)c2)CC1)COc1ccc(Cl)c(Cl)c1. The third-order valence-electron chi connectivity index (χ3n) is 5.37. The topological polar surface area (TPSA) is 74.2 Å². The molecule has 0 unspecified atom stereocenters. The van der Waals surface area contributed by atoms with Crippen molar-refractivity contribution in [1.29, 1.82) is 0 Å². The Kier molecular flexibility index (Phi) is 10.7. The molecule has 0 saturated carbocycles. The Labute approximate surface area is 214 Å². The molecule has 1 fully saturated rings. The number of likely N-dealkylation sites (tertiary alicyclic amines) is 1. The van der Waals surface area contributed by atoms with Crippen molar-refractivity contribution in [2.45, 2.75) is 31.1 Å². The summed E-state index contributed by atoms with van der Waals surface area (Å²) in [4.78, 5) is 2.21. The Balaban J connectivity index is 1.29. The van der Waals surface area contributed by atoms with Crippen molar-refractivity contribution < 1.29 is 19.7 Å². The van der Waals surface area contributed by atoms with Crippen molar-refractivity contribution in [1.82, 2.24) is 10.2 Å². The summed E-state index contributed by atoms with van der Waals surface area (Å²) in [5, 5.41) is 25.7. The monoisotopic (exact) mass is 536 g/mol. The third-order valence-corrected chi connectivity index (χ3v) is 6.84. The molecule has 10 heteroatoms. The molecule has 0 spiro atoms. The maximum Gasteiger partial charge on any atom is 0.121 e. The lowest BCUT2D eigenvalue weighted by molar-refractivity contribution is 0.0556. The summed E-state index contributed by atoms with van der Waals surface area (Å²) < 4.78 is 11.2. The van der Waals surface area contributed by atoms with Gasteiger partial charge < -0.3 is 29.9 Å². The van der Waals surface area contributed by atoms with Crippen molar-refractivity contribution in [2.24, 2.45) is 0 Å². The van der Waals surface area contributed by atoms with Gasteiger partial charge in [0.1, 0.15) is 36.9 Å². The van der Waals surface area contributed by atoms with Crippen molar-refractivity contribution >= 4 is 46.4 Å². The molecule has 3 rings (SSSR count). The van der Waals surface area contributed by atoms with Gasteiger partial charge in [-0.1, -0.05) is 46.4 Å². The number of aliphatic hydroxyl groups excluding tert-OH is 2. The fourth-order valence-electron chi connectivity index (χ4n) is 3.55. The predicted octanol–water partition coefficient (Wildman–Crippen LogP) is 4.53. The van der Waals surface area contributed by atoms with E-state index in [0.29, 0.717) is 50.7 Å². The average molecular weight is 538 g/mol. The van der Waals surface area contributed by atoms with Gasteiger partial charge in [0.15, 0.2) is 0 Å². The van der Waals surface area contributed by atoms with Crippen LogP contribution in [0.1, 0.15) is 12.8 Å². The summed E-state index contributed by atoms with van der Waals surface area (Å²) in [5.41, 5.74) is 0. The van der Waals surface area contributed by atoms with Gasteiger partial charge >= 0.3 is 0 Å². The molecule has 0 amide bonds. The first-order valence-corrected chi connectivity index (χ1v) is 12.3. The summed E-state index contributed by atoms with van der Waals surface area (Å²) >= 11 is 23.7. The number of rotatable bonds is 11. The van der Waals surface area contributed by atoms with Gasteiger partial charge in [-0.2, -0.15) is 0 Å². The molecule has 33 heavy (non-hydrogen) atoms. The minimum atomic E-state index is -0.641. The highest BCUT2D eigenvalue weighted by Gasteiger charge is 2.22. The lowest BCUT2D eigenvalue weighted by atomic mass is 10.0. The molecule has 0 bridgehead atoms. The van der Waals surface area contributed by atoms with E-state index in [-0.39, 0.29) is 13.2 Å². The van der Waals surface area contributed by atoms with Crippen LogP contribution in [0.4, 0.5) is 0 Å². The molecule has 1 aliphatic rings. The predicted molar refractivity (Wildman–Crippen MR) is 133 cm³/mol. The van der Waals surface area contributed by atoms with Crippen LogP contribution in [0.3, 0.4) is 0 Å². The number of hydrogen-bond acceptors (Lipinski definition) is 6. The first-order chi connectivity index (χ1) is 15.8. The lowest BCUT2D eigenvalue weighted by Crippen LogP contribution is -2.47. The van der Waals surface area contributed by atoms with Crippen LogP contribution in [0.15, 0.2) is 36.4 Å². The molecule has 2 aromatic rings. The van der Waals surface area contributed by atoms with Crippen LogP contribution in [0.25, 0.3) is 0 Å². The van der Waals surface area contributed by atoms with Crippen LogP contribution in [-0.2, 0) is 0 Å². The summed E-state index contributed by atoms with van der Waals surface area (Å²) in [6, 6.07) is 10.3. The molecule has 0 aromatic heterocycles. The quantitative estimate of drug-likeness (QED) is 0.391.